The highest BCUT2D eigenvalue weighted by Gasteiger charge is 2.10. The molecule has 1 aromatic carbocycles. The highest BCUT2D eigenvalue weighted by atomic mass is 35.5. The van der Waals surface area contributed by atoms with Crippen molar-refractivity contribution >= 4 is 40.7 Å². The van der Waals surface area contributed by atoms with Crippen LogP contribution < -0.4 is 5.32 Å². The van der Waals surface area contributed by atoms with Crippen molar-refractivity contribution in [2.75, 3.05) is 5.32 Å². The second kappa shape index (κ2) is 5.47. The van der Waals surface area contributed by atoms with E-state index in [1.807, 2.05) is 13.0 Å². The van der Waals surface area contributed by atoms with E-state index in [0.717, 1.165) is 5.56 Å². The molecular weight excluding hydrogens is 287 g/mol. The first-order valence-corrected chi connectivity index (χ1v) is 6.15. The first-order valence-electron chi connectivity index (χ1n) is 5.40. The van der Waals surface area contributed by atoms with E-state index in [9.17, 15) is 4.79 Å². The lowest BCUT2D eigenvalue weighted by Crippen LogP contribution is -2.00. The maximum Gasteiger partial charge on any atom is 0.337 e. The third-order valence-electron chi connectivity index (χ3n) is 2.55. The van der Waals surface area contributed by atoms with Crippen molar-refractivity contribution in [1.29, 1.82) is 0 Å². The zero-order chi connectivity index (χ0) is 14.0. The van der Waals surface area contributed by atoms with Crippen molar-refractivity contribution < 1.29 is 9.90 Å². The number of aromatic carboxylic acids is 1. The molecule has 0 amide bonds. The van der Waals surface area contributed by atoms with Crippen LogP contribution in [0.25, 0.3) is 0 Å². The van der Waals surface area contributed by atoms with E-state index in [-0.39, 0.29) is 5.56 Å². The molecule has 0 fully saturated rings. The number of pyridine rings is 1. The zero-order valence-electron chi connectivity index (χ0n) is 9.95. The number of hydrogen-bond acceptors (Lipinski definition) is 3. The van der Waals surface area contributed by atoms with Gasteiger partial charge in [0, 0.05) is 6.20 Å². The summed E-state index contributed by atoms with van der Waals surface area (Å²) in [5.74, 6) is -0.551. The van der Waals surface area contributed by atoms with Gasteiger partial charge in [0.05, 0.1) is 21.3 Å². The maximum atomic E-state index is 10.7. The van der Waals surface area contributed by atoms with Crippen molar-refractivity contribution in [2.24, 2.45) is 0 Å². The monoisotopic (exact) mass is 296 g/mol. The minimum atomic E-state index is -1.02. The van der Waals surface area contributed by atoms with Crippen molar-refractivity contribution in [3.63, 3.8) is 0 Å². The van der Waals surface area contributed by atoms with Crippen molar-refractivity contribution in [2.45, 2.75) is 6.92 Å². The molecule has 1 heterocycles. The number of nitrogens with zero attached hydrogens (tertiary/aromatic N) is 1. The molecular formula is C13H10Cl2N2O2. The first-order chi connectivity index (χ1) is 8.99. The largest absolute Gasteiger partial charge is 0.478 e. The van der Waals surface area contributed by atoms with Gasteiger partial charge in [-0.2, -0.15) is 0 Å². The molecule has 2 rings (SSSR count). The number of hydrogen-bond donors (Lipinski definition) is 2. The number of benzene rings is 1. The molecule has 0 saturated carbocycles. The predicted molar refractivity (Wildman–Crippen MR) is 75.7 cm³/mol. The van der Waals surface area contributed by atoms with Gasteiger partial charge in [0.2, 0.25) is 0 Å². The number of carboxylic acid groups (broad SMARTS) is 1. The third-order valence-corrected chi connectivity index (χ3v) is 3.35. The van der Waals surface area contributed by atoms with Crippen LogP contribution in [0.1, 0.15) is 15.9 Å². The van der Waals surface area contributed by atoms with Crippen LogP contribution in [0.15, 0.2) is 30.5 Å². The van der Waals surface area contributed by atoms with Gasteiger partial charge in [0.15, 0.2) is 0 Å². The Morgan fingerprint density at radius 3 is 2.58 bits per heavy atom. The van der Waals surface area contributed by atoms with Crippen molar-refractivity contribution in [3.05, 3.63) is 51.6 Å². The topological polar surface area (TPSA) is 62.2 Å². The summed E-state index contributed by atoms with van der Waals surface area (Å²) in [6, 6.07) is 6.56. The molecule has 0 saturated heterocycles. The number of aryl methyl sites for hydroxylation is 1. The molecule has 4 nitrogen and oxygen atoms in total. The molecule has 98 valence electrons. The van der Waals surface area contributed by atoms with Gasteiger partial charge >= 0.3 is 5.97 Å². The smallest absolute Gasteiger partial charge is 0.337 e. The average Bonchev–Trinajstić information content (AvgIpc) is 2.40. The summed E-state index contributed by atoms with van der Waals surface area (Å²) in [5, 5.41) is 12.7. The van der Waals surface area contributed by atoms with E-state index >= 15 is 0 Å². The lowest BCUT2D eigenvalue weighted by atomic mass is 10.2. The molecule has 6 heteroatoms. The number of halogens is 2. The SMILES string of the molecule is Cc1ccc(Cl)c(Nc2ccc(C(=O)O)cn2)c1Cl. The number of rotatable bonds is 3. The van der Waals surface area contributed by atoms with Gasteiger partial charge < -0.3 is 10.4 Å². The van der Waals surface area contributed by atoms with Crippen molar-refractivity contribution in [1.82, 2.24) is 4.98 Å². The summed E-state index contributed by atoms with van der Waals surface area (Å²) in [6.45, 7) is 1.87. The standard InChI is InChI=1S/C13H10Cl2N2O2/c1-7-2-4-9(14)12(11(7)15)17-10-5-3-8(6-16-10)13(18)19/h2-6H,1H3,(H,16,17)(H,18,19). The van der Waals surface area contributed by atoms with Gasteiger partial charge in [-0.1, -0.05) is 29.3 Å². The van der Waals surface area contributed by atoms with Gasteiger partial charge in [-0.15, -0.1) is 0 Å². The van der Waals surface area contributed by atoms with Crippen LogP contribution in [0.2, 0.25) is 10.0 Å². The Morgan fingerprint density at radius 2 is 2.00 bits per heavy atom. The highest BCUT2D eigenvalue weighted by molar-refractivity contribution is 6.39. The van der Waals surface area contributed by atoms with E-state index in [1.165, 1.54) is 12.3 Å². The molecule has 0 spiro atoms. The van der Waals surface area contributed by atoms with Gasteiger partial charge in [0.1, 0.15) is 5.82 Å². The minimum absolute atomic E-state index is 0.118. The minimum Gasteiger partial charge on any atom is -0.478 e. The Kier molecular flexibility index (Phi) is 3.93. The fourth-order valence-corrected chi connectivity index (χ4v) is 1.96. The summed E-state index contributed by atoms with van der Waals surface area (Å²) < 4.78 is 0. The molecule has 0 unspecified atom stereocenters. The van der Waals surface area contributed by atoms with Crippen LogP contribution in [0.4, 0.5) is 11.5 Å². The Bertz CT molecular complexity index is 627. The van der Waals surface area contributed by atoms with E-state index in [1.54, 1.807) is 12.1 Å². The van der Waals surface area contributed by atoms with E-state index < -0.39 is 5.97 Å². The van der Waals surface area contributed by atoms with E-state index in [0.29, 0.717) is 21.6 Å². The van der Waals surface area contributed by atoms with Crippen LogP contribution >= 0.6 is 23.2 Å². The summed E-state index contributed by atoms with van der Waals surface area (Å²) in [7, 11) is 0. The zero-order valence-corrected chi connectivity index (χ0v) is 11.5. The first kappa shape index (κ1) is 13.6. The predicted octanol–water partition coefficient (Wildman–Crippen LogP) is 4.14. The lowest BCUT2D eigenvalue weighted by Gasteiger charge is -2.11. The van der Waals surface area contributed by atoms with Crippen LogP contribution in [0, 0.1) is 6.92 Å². The summed E-state index contributed by atoms with van der Waals surface area (Å²) in [5.41, 5.74) is 1.56. The van der Waals surface area contributed by atoms with E-state index in [4.69, 9.17) is 28.3 Å². The number of carbonyl (C=O) groups is 1. The van der Waals surface area contributed by atoms with Gasteiger partial charge in [-0.3, -0.25) is 0 Å². The van der Waals surface area contributed by atoms with Gasteiger partial charge in [-0.05, 0) is 30.7 Å². The third kappa shape index (κ3) is 2.97. The van der Waals surface area contributed by atoms with Crippen LogP contribution in [-0.4, -0.2) is 16.1 Å². The molecule has 0 aliphatic rings. The molecule has 2 aromatic rings. The quantitative estimate of drug-likeness (QED) is 0.893. The van der Waals surface area contributed by atoms with Gasteiger partial charge in [0.25, 0.3) is 0 Å². The fourth-order valence-electron chi connectivity index (χ4n) is 1.49. The van der Waals surface area contributed by atoms with E-state index in [2.05, 4.69) is 10.3 Å². The Morgan fingerprint density at radius 1 is 1.26 bits per heavy atom. The molecule has 0 bridgehead atoms. The molecule has 0 radical (unpaired) electrons. The molecule has 0 atom stereocenters. The van der Waals surface area contributed by atoms with Crippen LogP contribution in [0.3, 0.4) is 0 Å². The normalized spacial score (nSPS) is 10.3. The second-order valence-corrected chi connectivity index (χ2v) is 4.70. The number of anilines is 2. The second-order valence-electron chi connectivity index (χ2n) is 3.92. The number of nitrogens with one attached hydrogen (secondary N) is 1. The summed E-state index contributed by atoms with van der Waals surface area (Å²) in [6.07, 6.45) is 1.27. The number of aromatic nitrogens is 1. The molecule has 19 heavy (non-hydrogen) atoms. The van der Waals surface area contributed by atoms with Gasteiger partial charge in [-0.25, -0.2) is 9.78 Å². The summed E-state index contributed by atoms with van der Waals surface area (Å²) in [4.78, 5) is 14.7. The Labute approximate surface area is 120 Å². The highest BCUT2D eigenvalue weighted by Crippen LogP contribution is 2.34. The molecule has 1 aromatic heterocycles. The maximum absolute atomic E-state index is 10.7. The summed E-state index contributed by atoms with van der Waals surface area (Å²) >= 11 is 12.2. The Balaban J connectivity index is 2.31. The fraction of sp³-hybridized carbons (Fsp3) is 0.0769. The Hall–Kier alpha value is -1.78. The van der Waals surface area contributed by atoms with Crippen molar-refractivity contribution in [3.8, 4) is 0 Å². The van der Waals surface area contributed by atoms with Crippen LogP contribution in [0.5, 0.6) is 0 Å². The molecule has 2 N–H and O–H groups in total. The lowest BCUT2D eigenvalue weighted by molar-refractivity contribution is 0.0696. The molecule has 0 aliphatic heterocycles. The molecule has 0 aliphatic carbocycles. The van der Waals surface area contributed by atoms with Crippen LogP contribution in [-0.2, 0) is 0 Å². The number of carboxylic acids is 1. The average molecular weight is 297 g/mol.